The van der Waals surface area contributed by atoms with Crippen LogP contribution in [0.5, 0.6) is 0 Å². The van der Waals surface area contributed by atoms with Crippen molar-refractivity contribution in [1.29, 1.82) is 0 Å². The smallest absolute Gasteiger partial charge is 0.126 e. The second-order valence-corrected chi connectivity index (χ2v) is 4.58. The lowest BCUT2D eigenvalue weighted by Crippen LogP contribution is -2.33. The van der Waals surface area contributed by atoms with Crippen LogP contribution in [0.2, 0.25) is 5.02 Å². The fraction of sp³-hybridized carbons (Fsp3) is 0.545. The van der Waals surface area contributed by atoms with Crippen LogP contribution in [0.4, 0.5) is 5.82 Å². The van der Waals surface area contributed by atoms with Crippen LogP contribution in [0.3, 0.4) is 0 Å². The minimum absolute atomic E-state index is 0.540. The molecule has 82 valence electrons. The molecule has 1 aromatic rings. The van der Waals surface area contributed by atoms with Gasteiger partial charge in [0, 0.05) is 12.7 Å². The van der Waals surface area contributed by atoms with Crippen LogP contribution in [0.25, 0.3) is 0 Å². The van der Waals surface area contributed by atoms with E-state index < -0.39 is 5.60 Å². The summed E-state index contributed by atoms with van der Waals surface area (Å²) in [5.41, 5.74) is -0.540. The monoisotopic (exact) mass is 226 g/mol. The van der Waals surface area contributed by atoms with E-state index in [1.807, 2.05) is 6.07 Å². The summed E-state index contributed by atoms with van der Waals surface area (Å²) in [5, 5.41) is 13.9. The summed E-state index contributed by atoms with van der Waals surface area (Å²) >= 11 is 5.73. The molecule has 0 atom stereocenters. The van der Waals surface area contributed by atoms with Gasteiger partial charge in [0.2, 0.25) is 0 Å². The van der Waals surface area contributed by atoms with Crippen molar-refractivity contribution >= 4 is 17.4 Å². The molecule has 1 aliphatic carbocycles. The summed E-state index contributed by atoms with van der Waals surface area (Å²) in [4.78, 5) is 4.12. The van der Waals surface area contributed by atoms with E-state index >= 15 is 0 Å². The zero-order valence-electron chi connectivity index (χ0n) is 8.54. The molecule has 0 radical (unpaired) electrons. The molecule has 0 spiro atoms. The molecule has 0 amide bonds. The number of anilines is 1. The van der Waals surface area contributed by atoms with Crippen LogP contribution in [-0.4, -0.2) is 22.2 Å². The highest BCUT2D eigenvalue weighted by molar-refractivity contribution is 6.30. The topological polar surface area (TPSA) is 45.1 Å². The normalized spacial score (nSPS) is 19.1. The Bertz CT molecular complexity index is 320. The van der Waals surface area contributed by atoms with E-state index in [0.29, 0.717) is 11.6 Å². The molecule has 0 aliphatic heterocycles. The van der Waals surface area contributed by atoms with Gasteiger partial charge in [-0.15, -0.1) is 0 Å². The van der Waals surface area contributed by atoms with Crippen molar-refractivity contribution in [2.24, 2.45) is 0 Å². The first-order chi connectivity index (χ1) is 7.18. The zero-order valence-corrected chi connectivity index (χ0v) is 9.30. The summed E-state index contributed by atoms with van der Waals surface area (Å²) in [7, 11) is 0. The minimum atomic E-state index is -0.540. The average molecular weight is 227 g/mol. The number of nitrogens with one attached hydrogen (secondary N) is 1. The Morgan fingerprint density at radius 1 is 1.40 bits per heavy atom. The first-order valence-electron chi connectivity index (χ1n) is 5.26. The molecule has 1 heterocycles. The van der Waals surface area contributed by atoms with Gasteiger partial charge in [0.15, 0.2) is 0 Å². The van der Waals surface area contributed by atoms with Gasteiger partial charge < -0.3 is 10.4 Å². The summed E-state index contributed by atoms with van der Waals surface area (Å²) in [6.45, 7) is 0.571. The maximum Gasteiger partial charge on any atom is 0.126 e. The Labute approximate surface area is 94.5 Å². The molecule has 0 saturated heterocycles. The molecule has 0 unspecified atom stereocenters. The van der Waals surface area contributed by atoms with Crippen molar-refractivity contribution in [3.8, 4) is 0 Å². The van der Waals surface area contributed by atoms with E-state index in [9.17, 15) is 5.11 Å². The quantitative estimate of drug-likeness (QED) is 0.832. The van der Waals surface area contributed by atoms with Crippen LogP contribution < -0.4 is 5.32 Å². The Morgan fingerprint density at radius 3 is 2.73 bits per heavy atom. The molecule has 2 N–H and O–H groups in total. The highest BCUT2D eigenvalue weighted by Gasteiger charge is 2.30. The van der Waals surface area contributed by atoms with Crippen LogP contribution in [0, 0.1) is 0 Å². The molecule has 1 aliphatic rings. The molecule has 0 bridgehead atoms. The van der Waals surface area contributed by atoms with Gasteiger partial charge in [0.25, 0.3) is 0 Å². The van der Waals surface area contributed by atoms with E-state index in [4.69, 9.17) is 11.6 Å². The summed E-state index contributed by atoms with van der Waals surface area (Å²) in [6.07, 6.45) is 5.60. The van der Waals surface area contributed by atoms with Crippen molar-refractivity contribution < 1.29 is 5.11 Å². The maximum absolute atomic E-state index is 10.1. The average Bonchev–Trinajstić information content (AvgIpc) is 2.65. The van der Waals surface area contributed by atoms with Crippen molar-refractivity contribution in [3.05, 3.63) is 23.4 Å². The highest BCUT2D eigenvalue weighted by atomic mass is 35.5. The zero-order chi connectivity index (χ0) is 10.7. The van der Waals surface area contributed by atoms with Crippen molar-refractivity contribution in [2.75, 3.05) is 11.9 Å². The second kappa shape index (κ2) is 4.37. The van der Waals surface area contributed by atoms with E-state index in [0.717, 1.165) is 31.5 Å². The number of nitrogens with zero attached hydrogens (tertiary/aromatic N) is 1. The van der Waals surface area contributed by atoms with Crippen molar-refractivity contribution in [2.45, 2.75) is 31.3 Å². The van der Waals surface area contributed by atoms with Gasteiger partial charge in [-0.1, -0.05) is 24.4 Å². The predicted octanol–water partition coefficient (Wildman–Crippen LogP) is 2.45. The molecule has 1 saturated carbocycles. The number of aliphatic hydroxyl groups is 1. The lowest BCUT2D eigenvalue weighted by molar-refractivity contribution is 0.0614. The molecule has 3 nitrogen and oxygen atoms in total. The maximum atomic E-state index is 10.1. The first kappa shape index (κ1) is 10.7. The van der Waals surface area contributed by atoms with Gasteiger partial charge in [-0.2, -0.15) is 0 Å². The summed E-state index contributed by atoms with van der Waals surface area (Å²) < 4.78 is 0. The van der Waals surface area contributed by atoms with Crippen LogP contribution in [0.15, 0.2) is 18.3 Å². The SMILES string of the molecule is OC1(CNc2ccc(Cl)cn2)CCCC1. The van der Waals surface area contributed by atoms with Gasteiger partial charge in [-0.05, 0) is 25.0 Å². The Morgan fingerprint density at radius 2 is 2.13 bits per heavy atom. The third-order valence-corrected chi connectivity index (χ3v) is 3.08. The minimum Gasteiger partial charge on any atom is -0.388 e. The molecule has 15 heavy (non-hydrogen) atoms. The van der Waals surface area contributed by atoms with Crippen LogP contribution >= 0.6 is 11.6 Å². The standard InChI is InChI=1S/C11H15ClN2O/c12-9-3-4-10(13-7-9)14-8-11(15)5-1-2-6-11/h3-4,7,15H,1-2,5-6,8H2,(H,13,14). The molecular formula is C11H15ClN2O. The van der Waals surface area contributed by atoms with Crippen LogP contribution in [0.1, 0.15) is 25.7 Å². The molecule has 1 aromatic heterocycles. The number of halogens is 1. The van der Waals surface area contributed by atoms with E-state index in [1.165, 1.54) is 0 Å². The molecular weight excluding hydrogens is 212 g/mol. The van der Waals surface area contributed by atoms with E-state index in [2.05, 4.69) is 10.3 Å². The second-order valence-electron chi connectivity index (χ2n) is 4.15. The third-order valence-electron chi connectivity index (χ3n) is 2.86. The molecule has 1 fully saturated rings. The lowest BCUT2D eigenvalue weighted by Gasteiger charge is -2.22. The molecule has 2 rings (SSSR count). The lowest BCUT2D eigenvalue weighted by atomic mass is 10.0. The number of rotatable bonds is 3. The van der Waals surface area contributed by atoms with Gasteiger partial charge in [0.05, 0.1) is 10.6 Å². The Hall–Kier alpha value is -0.800. The highest BCUT2D eigenvalue weighted by Crippen LogP contribution is 2.29. The Kier molecular flexibility index (Phi) is 3.12. The van der Waals surface area contributed by atoms with E-state index in [-0.39, 0.29) is 0 Å². The fourth-order valence-corrected chi connectivity index (χ4v) is 2.06. The predicted molar refractivity (Wildman–Crippen MR) is 61.2 cm³/mol. The number of aromatic nitrogens is 1. The van der Waals surface area contributed by atoms with Crippen molar-refractivity contribution in [3.63, 3.8) is 0 Å². The summed E-state index contributed by atoms with van der Waals surface area (Å²) in [5.74, 6) is 0.764. The fourth-order valence-electron chi connectivity index (χ4n) is 1.95. The van der Waals surface area contributed by atoms with Gasteiger partial charge >= 0.3 is 0 Å². The number of hydrogen-bond acceptors (Lipinski definition) is 3. The van der Waals surface area contributed by atoms with Gasteiger partial charge in [0.1, 0.15) is 5.82 Å². The first-order valence-corrected chi connectivity index (χ1v) is 5.64. The largest absolute Gasteiger partial charge is 0.388 e. The molecule has 4 heteroatoms. The number of hydrogen-bond donors (Lipinski definition) is 2. The third kappa shape index (κ3) is 2.83. The molecule has 0 aromatic carbocycles. The van der Waals surface area contributed by atoms with Crippen LogP contribution in [-0.2, 0) is 0 Å². The van der Waals surface area contributed by atoms with Gasteiger partial charge in [-0.3, -0.25) is 0 Å². The van der Waals surface area contributed by atoms with E-state index in [1.54, 1.807) is 12.3 Å². The van der Waals surface area contributed by atoms with Crippen molar-refractivity contribution in [1.82, 2.24) is 4.98 Å². The summed E-state index contributed by atoms with van der Waals surface area (Å²) in [6, 6.07) is 3.61. The Balaban J connectivity index is 1.90. The van der Waals surface area contributed by atoms with Gasteiger partial charge in [-0.25, -0.2) is 4.98 Å². The number of pyridine rings is 1.